The second-order valence-corrected chi connectivity index (χ2v) is 5.49. The molecule has 8 heteroatoms. The molecule has 0 aromatic heterocycles. The van der Waals surface area contributed by atoms with Gasteiger partial charge in [-0.1, -0.05) is 25.5 Å². The van der Waals surface area contributed by atoms with Crippen LogP contribution < -0.4 is 15.6 Å². The van der Waals surface area contributed by atoms with Crippen molar-refractivity contribution < 1.29 is 19.2 Å². The molecule has 2 rings (SSSR count). The maximum atomic E-state index is 11.9. The van der Waals surface area contributed by atoms with E-state index < -0.39 is 16.7 Å². The van der Waals surface area contributed by atoms with Crippen molar-refractivity contribution in [2.75, 3.05) is 6.61 Å². The quantitative estimate of drug-likeness (QED) is 0.584. The Kier molecular flexibility index (Phi) is 6.67. The number of hydrazine groups is 1. The second kappa shape index (κ2) is 9.16. The summed E-state index contributed by atoms with van der Waals surface area (Å²) in [6, 6.07) is 12.5. The van der Waals surface area contributed by atoms with Crippen molar-refractivity contribution in [3.63, 3.8) is 0 Å². The zero-order chi connectivity index (χ0) is 18.9. The van der Waals surface area contributed by atoms with Crippen LogP contribution in [-0.2, 0) is 11.2 Å². The Morgan fingerprint density at radius 1 is 1.04 bits per heavy atom. The molecule has 136 valence electrons. The molecule has 26 heavy (non-hydrogen) atoms. The van der Waals surface area contributed by atoms with Crippen LogP contribution in [0.3, 0.4) is 0 Å². The van der Waals surface area contributed by atoms with Crippen LogP contribution in [0.5, 0.6) is 5.75 Å². The third-order valence-corrected chi connectivity index (χ3v) is 3.49. The van der Waals surface area contributed by atoms with Gasteiger partial charge in [0.15, 0.2) is 6.61 Å². The summed E-state index contributed by atoms with van der Waals surface area (Å²) in [5, 5.41) is 10.6. The first-order valence-corrected chi connectivity index (χ1v) is 8.05. The Morgan fingerprint density at radius 2 is 1.69 bits per heavy atom. The van der Waals surface area contributed by atoms with Gasteiger partial charge < -0.3 is 4.74 Å². The molecule has 0 unspecified atom stereocenters. The summed E-state index contributed by atoms with van der Waals surface area (Å²) in [6.07, 6.45) is 2.03. The van der Waals surface area contributed by atoms with Crippen molar-refractivity contribution in [3.8, 4) is 5.75 Å². The highest BCUT2D eigenvalue weighted by Crippen LogP contribution is 2.13. The molecule has 0 fully saturated rings. The zero-order valence-corrected chi connectivity index (χ0v) is 14.2. The number of nitro groups is 1. The van der Waals surface area contributed by atoms with E-state index in [0.29, 0.717) is 5.75 Å². The van der Waals surface area contributed by atoms with E-state index in [0.717, 1.165) is 12.8 Å². The highest BCUT2D eigenvalue weighted by atomic mass is 16.6. The molecule has 0 heterocycles. The van der Waals surface area contributed by atoms with Crippen LogP contribution in [0, 0.1) is 10.1 Å². The number of hydrogen-bond acceptors (Lipinski definition) is 5. The number of rotatable bonds is 7. The molecule has 2 N–H and O–H groups in total. The largest absolute Gasteiger partial charge is 0.484 e. The first-order chi connectivity index (χ1) is 12.5. The fourth-order valence-electron chi connectivity index (χ4n) is 2.16. The normalized spacial score (nSPS) is 10.0. The van der Waals surface area contributed by atoms with Gasteiger partial charge in [-0.05, 0) is 36.2 Å². The Labute approximate surface area is 150 Å². The zero-order valence-electron chi connectivity index (χ0n) is 14.2. The van der Waals surface area contributed by atoms with E-state index in [2.05, 4.69) is 17.8 Å². The third-order valence-electron chi connectivity index (χ3n) is 3.49. The molecule has 0 spiro atoms. The van der Waals surface area contributed by atoms with Crippen LogP contribution >= 0.6 is 0 Å². The number of non-ortho nitro benzene ring substituents is 1. The number of aryl methyl sites for hydroxylation is 1. The van der Waals surface area contributed by atoms with E-state index >= 15 is 0 Å². The number of ether oxygens (including phenoxy) is 1. The first-order valence-electron chi connectivity index (χ1n) is 8.05. The smallest absolute Gasteiger partial charge is 0.276 e. The van der Waals surface area contributed by atoms with Gasteiger partial charge in [-0.2, -0.15) is 0 Å². The van der Waals surface area contributed by atoms with E-state index in [-0.39, 0.29) is 17.9 Å². The molecule has 0 bridgehead atoms. The van der Waals surface area contributed by atoms with E-state index in [1.807, 2.05) is 12.1 Å². The van der Waals surface area contributed by atoms with Crippen molar-refractivity contribution in [1.29, 1.82) is 0 Å². The minimum Gasteiger partial charge on any atom is -0.484 e. The topological polar surface area (TPSA) is 111 Å². The van der Waals surface area contributed by atoms with Crippen molar-refractivity contribution >= 4 is 17.5 Å². The highest BCUT2D eigenvalue weighted by molar-refractivity contribution is 5.95. The summed E-state index contributed by atoms with van der Waals surface area (Å²) < 4.78 is 5.34. The van der Waals surface area contributed by atoms with Crippen molar-refractivity contribution in [3.05, 3.63) is 69.8 Å². The molecular weight excluding hydrogens is 338 g/mol. The summed E-state index contributed by atoms with van der Waals surface area (Å²) in [6.45, 7) is 1.84. The fraction of sp³-hybridized carbons (Fsp3) is 0.222. The van der Waals surface area contributed by atoms with Gasteiger partial charge in [-0.25, -0.2) is 0 Å². The number of benzene rings is 2. The van der Waals surface area contributed by atoms with E-state index in [4.69, 9.17) is 4.74 Å². The number of nitrogens with one attached hydrogen (secondary N) is 2. The van der Waals surface area contributed by atoms with Crippen molar-refractivity contribution in [2.45, 2.75) is 19.8 Å². The van der Waals surface area contributed by atoms with Gasteiger partial charge in [0.1, 0.15) is 5.75 Å². The summed E-state index contributed by atoms with van der Waals surface area (Å²) in [5.41, 5.74) is 5.70. The van der Waals surface area contributed by atoms with Gasteiger partial charge in [-0.3, -0.25) is 30.6 Å². The molecule has 0 saturated carbocycles. The van der Waals surface area contributed by atoms with Crippen LogP contribution in [0.15, 0.2) is 48.5 Å². The molecule has 0 aliphatic rings. The third kappa shape index (κ3) is 5.59. The van der Waals surface area contributed by atoms with E-state index in [1.54, 1.807) is 12.1 Å². The summed E-state index contributed by atoms with van der Waals surface area (Å²) >= 11 is 0. The number of amides is 2. The summed E-state index contributed by atoms with van der Waals surface area (Å²) in [5.74, 6) is -0.559. The summed E-state index contributed by atoms with van der Waals surface area (Å²) in [7, 11) is 0. The number of carbonyl (C=O) groups is 2. The Hall–Kier alpha value is -3.42. The van der Waals surface area contributed by atoms with Crippen LogP contribution in [0.1, 0.15) is 29.3 Å². The summed E-state index contributed by atoms with van der Waals surface area (Å²) in [4.78, 5) is 33.6. The molecule has 2 aromatic rings. The maximum absolute atomic E-state index is 11.9. The molecule has 0 aliphatic heterocycles. The van der Waals surface area contributed by atoms with Crippen LogP contribution in [0.4, 0.5) is 5.69 Å². The molecular formula is C18H19N3O5. The molecule has 0 saturated heterocycles. The average Bonchev–Trinajstić information content (AvgIpc) is 2.66. The fourth-order valence-corrected chi connectivity index (χ4v) is 2.16. The van der Waals surface area contributed by atoms with Gasteiger partial charge >= 0.3 is 0 Å². The Balaban J connectivity index is 1.77. The molecule has 0 aliphatic carbocycles. The number of nitro benzene ring substituents is 1. The standard InChI is InChI=1S/C18H19N3O5/c1-2-3-13-4-10-16(11-5-13)26-12-17(22)19-20-18(23)14-6-8-15(9-7-14)21(24)25/h4-11H,2-3,12H2,1H3,(H,19,22)(H,20,23). The first kappa shape index (κ1) is 18.9. The molecule has 0 atom stereocenters. The lowest BCUT2D eigenvalue weighted by molar-refractivity contribution is -0.384. The minimum atomic E-state index is -0.586. The van der Waals surface area contributed by atoms with Crippen molar-refractivity contribution in [2.24, 2.45) is 0 Å². The van der Waals surface area contributed by atoms with Gasteiger partial charge in [-0.15, -0.1) is 0 Å². The number of hydrogen-bond donors (Lipinski definition) is 2. The molecule has 0 radical (unpaired) electrons. The molecule has 2 aromatic carbocycles. The predicted molar refractivity (Wildman–Crippen MR) is 94.6 cm³/mol. The van der Waals surface area contributed by atoms with E-state index in [1.165, 1.54) is 29.8 Å². The SMILES string of the molecule is CCCc1ccc(OCC(=O)NNC(=O)c2ccc([N+](=O)[O-])cc2)cc1. The maximum Gasteiger partial charge on any atom is 0.276 e. The molecule has 2 amide bonds. The Morgan fingerprint density at radius 3 is 2.27 bits per heavy atom. The molecule has 8 nitrogen and oxygen atoms in total. The average molecular weight is 357 g/mol. The van der Waals surface area contributed by atoms with Gasteiger partial charge in [0.2, 0.25) is 0 Å². The number of nitrogens with zero attached hydrogens (tertiary/aromatic N) is 1. The van der Waals surface area contributed by atoms with Gasteiger partial charge in [0.05, 0.1) is 4.92 Å². The Bertz CT molecular complexity index is 772. The van der Waals surface area contributed by atoms with Crippen LogP contribution in [0.2, 0.25) is 0 Å². The lowest BCUT2D eigenvalue weighted by Crippen LogP contribution is -2.43. The van der Waals surface area contributed by atoms with Gasteiger partial charge in [0.25, 0.3) is 17.5 Å². The lowest BCUT2D eigenvalue weighted by Gasteiger charge is -2.09. The minimum absolute atomic E-state index is 0.121. The number of carbonyl (C=O) groups excluding carboxylic acids is 2. The van der Waals surface area contributed by atoms with Crippen LogP contribution in [0.25, 0.3) is 0 Å². The second-order valence-electron chi connectivity index (χ2n) is 5.49. The van der Waals surface area contributed by atoms with Gasteiger partial charge in [0, 0.05) is 17.7 Å². The van der Waals surface area contributed by atoms with Crippen molar-refractivity contribution in [1.82, 2.24) is 10.9 Å². The predicted octanol–water partition coefficient (Wildman–Crippen LogP) is 2.39. The van der Waals surface area contributed by atoms with Crippen LogP contribution in [-0.4, -0.2) is 23.3 Å². The monoisotopic (exact) mass is 357 g/mol. The lowest BCUT2D eigenvalue weighted by atomic mass is 10.1. The van der Waals surface area contributed by atoms with E-state index in [9.17, 15) is 19.7 Å². The highest BCUT2D eigenvalue weighted by Gasteiger charge is 2.10.